The number of nitrogens with one attached hydrogen (secondary N) is 1. The number of anilines is 1. The van der Waals surface area contributed by atoms with Crippen molar-refractivity contribution in [3.63, 3.8) is 0 Å². The Morgan fingerprint density at radius 1 is 1.44 bits per heavy atom. The summed E-state index contributed by atoms with van der Waals surface area (Å²) in [6.07, 6.45) is 0.523. The van der Waals surface area contributed by atoms with Crippen LogP contribution < -0.4 is 5.32 Å². The smallest absolute Gasteiger partial charge is 0.337 e. The summed E-state index contributed by atoms with van der Waals surface area (Å²) in [4.78, 5) is 11.1. The van der Waals surface area contributed by atoms with Crippen molar-refractivity contribution in [1.82, 2.24) is 0 Å². The van der Waals surface area contributed by atoms with Gasteiger partial charge in [-0.15, -0.1) is 0 Å². The zero-order valence-corrected chi connectivity index (χ0v) is 10.8. The summed E-state index contributed by atoms with van der Waals surface area (Å²) in [5.41, 5.74) is 1.60. The molecule has 0 aliphatic carbocycles. The normalized spacial score (nSPS) is 21.7. The first kappa shape index (κ1) is 12.9. The third kappa shape index (κ3) is 2.81. The van der Waals surface area contributed by atoms with E-state index in [0.717, 1.165) is 5.56 Å². The lowest BCUT2D eigenvalue weighted by Crippen LogP contribution is -2.22. The van der Waals surface area contributed by atoms with Crippen LogP contribution >= 0.6 is 0 Å². The summed E-state index contributed by atoms with van der Waals surface area (Å²) < 4.78 is 22.7. The molecule has 1 unspecified atom stereocenters. The number of aromatic carboxylic acids is 1. The van der Waals surface area contributed by atoms with Gasteiger partial charge in [0.25, 0.3) is 0 Å². The molecule has 1 aromatic rings. The monoisotopic (exact) mass is 269 g/mol. The van der Waals surface area contributed by atoms with E-state index in [1.54, 1.807) is 12.1 Å². The van der Waals surface area contributed by atoms with Crippen LogP contribution in [0.4, 0.5) is 5.69 Å². The molecule has 1 aromatic carbocycles. The molecule has 6 heteroatoms. The standard InChI is InChI=1S/C12H15NO4S/c1-8-2-3-10(12(14)15)11(6-8)13-9-4-5-18(16,17)7-9/h2-3,6,9,13H,4-5,7H2,1H3,(H,14,15). The Morgan fingerprint density at radius 2 is 2.17 bits per heavy atom. The van der Waals surface area contributed by atoms with E-state index in [4.69, 9.17) is 5.11 Å². The van der Waals surface area contributed by atoms with Gasteiger partial charge in [0.2, 0.25) is 0 Å². The zero-order valence-electron chi connectivity index (χ0n) is 10.0. The maximum atomic E-state index is 11.4. The Labute approximate surface area is 106 Å². The topological polar surface area (TPSA) is 83.5 Å². The summed E-state index contributed by atoms with van der Waals surface area (Å²) >= 11 is 0. The van der Waals surface area contributed by atoms with Gasteiger partial charge in [-0.1, -0.05) is 6.07 Å². The van der Waals surface area contributed by atoms with Gasteiger partial charge in [-0.25, -0.2) is 13.2 Å². The van der Waals surface area contributed by atoms with Crippen molar-refractivity contribution < 1.29 is 18.3 Å². The molecule has 98 valence electrons. The Hall–Kier alpha value is -1.56. The largest absolute Gasteiger partial charge is 0.478 e. The highest BCUT2D eigenvalue weighted by molar-refractivity contribution is 7.91. The first-order valence-electron chi connectivity index (χ1n) is 5.68. The summed E-state index contributed by atoms with van der Waals surface area (Å²) in [6.45, 7) is 1.86. The van der Waals surface area contributed by atoms with Crippen LogP contribution in [0, 0.1) is 6.92 Å². The fourth-order valence-electron chi connectivity index (χ4n) is 2.09. The van der Waals surface area contributed by atoms with Crippen LogP contribution in [0.2, 0.25) is 0 Å². The number of hydrogen-bond acceptors (Lipinski definition) is 4. The van der Waals surface area contributed by atoms with E-state index in [1.165, 1.54) is 6.07 Å². The number of aryl methyl sites for hydroxylation is 1. The highest BCUT2D eigenvalue weighted by Crippen LogP contribution is 2.22. The molecule has 0 saturated carbocycles. The van der Waals surface area contributed by atoms with Crippen molar-refractivity contribution in [2.45, 2.75) is 19.4 Å². The van der Waals surface area contributed by atoms with E-state index in [2.05, 4.69) is 5.32 Å². The third-order valence-electron chi connectivity index (χ3n) is 3.00. The number of carboxylic acids is 1. The second-order valence-corrected chi connectivity index (χ2v) is 6.83. The molecular weight excluding hydrogens is 254 g/mol. The van der Waals surface area contributed by atoms with Gasteiger partial charge in [0.05, 0.1) is 17.1 Å². The van der Waals surface area contributed by atoms with Crippen molar-refractivity contribution in [2.75, 3.05) is 16.8 Å². The molecular formula is C12H15NO4S. The van der Waals surface area contributed by atoms with Crippen LogP contribution in [0.3, 0.4) is 0 Å². The van der Waals surface area contributed by atoms with Crippen LogP contribution in [0.5, 0.6) is 0 Å². The van der Waals surface area contributed by atoms with Crippen LogP contribution in [-0.4, -0.2) is 37.0 Å². The lowest BCUT2D eigenvalue weighted by Gasteiger charge is -2.15. The Kier molecular flexibility index (Phi) is 3.30. The molecule has 1 aliphatic rings. The highest BCUT2D eigenvalue weighted by Gasteiger charge is 2.28. The number of carbonyl (C=O) groups is 1. The van der Waals surface area contributed by atoms with E-state index in [9.17, 15) is 13.2 Å². The molecule has 5 nitrogen and oxygen atoms in total. The molecule has 18 heavy (non-hydrogen) atoms. The van der Waals surface area contributed by atoms with Gasteiger partial charge in [-0.2, -0.15) is 0 Å². The molecule has 2 N–H and O–H groups in total. The van der Waals surface area contributed by atoms with Gasteiger partial charge in [0.1, 0.15) is 0 Å². The van der Waals surface area contributed by atoms with Crippen molar-refractivity contribution in [2.24, 2.45) is 0 Å². The molecule has 1 aliphatic heterocycles. The number of benzene rings is 1. The van der Waals surface area contributed by atoms with Crippen LogP contribution in [-0.2, 0) is 9.84 Å². The molecule has 2 rings (SSSR count). The number of rotatable bonds is 3. The predicted octanol–water partition coefficient (Wildman–Crippen LogP) is 1.29. The van der Waals surface area contributed by atoms with Crippen LogP contribution in [0.1, 0.15) is 22.3 Å². The molecule has 1 heterocycles. The lowest BCUT2D eigenvalue weighted by molar-refractivity contribution is 0.0698. The highest BCUT2D eigenvalue weighted by atomic mass is 32.2. The minimum atomic E-state index is -2.97. The summed E-state index contributed by atoms with van der Waals surface area (Å²) in [6, 6.07) is 4.78. The molecule has 0 spiro atoms. The molecule has 0 aromatic heterocycles. The van der Waals surface area contributed by atoms with Gasteiger partial charge >= 0.3 is 5.97 Å². The summed E-state index contributed by atoms with van der Waals surface area (Å²) in [7, 11) is -2.97. The fourth-order valence-corrected chi connectivity index (χ4v) is 3.77. The van der Waals surface area contributed by atoms with Crippen molar-refractivity contribution in [3.8, 4) is 0 Å². The van der Waals surface area contributed by atoms with E-state index in [-0.39, 0.29) is 23.1 Å². The second-order valence-electron chi connectivity index (χ2n) is 4.60. The van der Waals surface area contributed by atoms with Crippen LogP contribution in [0.15, 0.2) is 18.2 Å². The molecule has 1 atom stereocenters. The van der Waals surface area contributed by atoms with Gasteiger partial charge in [0.15, 0.2) is 9.84 Å². The Morgan fingerprint density at radius 3 is 2.72 bits per heavy atom. The number of hydrogen-bond donors (Lipinski definition) is 2. The first-order chi connectivity index (χ1) is 8.37. The number of sulfone groups is 1. The molecule has 0 radical (unpaired) electrons. The van der Waals surface area contributed by atoms with E-state index >= 15 is 0 Å². The van der Waals surface area contributed by atoms with Crippen molar-refractivity contribution in [1.29, 1.82) is 0 Å². The lowest BCUT2D eigenvalue weighted by atomic mass is 10.1. The average Bonchev–Trinajstić information content (AvgIpc) is 2.57. The Bertz CT molecular complexity index is 580. The van der Waals surface area contributed by atoms with Crippen molar-refractivity contribution >= 4 is 21.5 Å². The second kappa shape index (κ2) is 4.61. The van der Waals surface area contributed by atoms with Gasteiger partial charge in [0, 0.05) is 11.7 Å². The zero-order chi connectivity index (χ0) is 13.3. The number of carboxylic acid groups (broad SMARTS) is 1. The van der Waals surface area contributed by atoms with E-state index in [0.29, 0.717) is 12.1 Å². The minimum absolute atomic E-state index is 0.0694. The quantitative estimate of drug-likeness (QED) is 0.864. The summed E-state index contributed by atoms with van der Waals surface area (Å²) in [5, 5.41) is 12.1. The van der Waals surface area contributed by atoms with E-state index < -0.39 is 15.8 Å². The average molecular weight is 269 g/mol. The van der Waals surface area contributed by atoms with Crippen molar-refractivity contribution in [3.05, 3.63) is 29.3 Å². The molecule has 1 fully saturated rings. The Balaban J connectivity index is 2.23. The predicted molar refractivity (Wildman–Crippen MR) is 68.8 cm³/mol. The van der Waals surface area contributed by atoms with Gasteiger partial charge < -0.3 is 10.4 Å². The van der Waals surface area contributed by atoms with Crippen LogP contribution in [0.25, 0.3) is 0 Å². The molecule has 0 bridgehead atoms. The van der Waals surface area contributed by atoms with E-state index in [1.807, 2.05) is 6.92 Å². The van der Waals surface area contributed by atoms with Gasteiger partial charge in [-0.05, 0) is 31.0 Å². The summed E-state index contributed by atoms with van der Waals surface area (Å²) in [5.74, 6) is -0.780. The third-order valence-corrected chi connectivity index (χ3v) is 4.77. The molecule has 1 saturated heterocycles. The molecule has 0 amide bonds. The first-order valence-corrected chi connectivity index (χ1v) is 7.50. The maximum Gasteiger partial charge on any atom is 0.337 e. The fraction of sp³-hybridized carbons (Fsp3) is 0.417. The SMILES string of the molecule is Cc1ccc(C(=O)O)c(NC2CCS(=O)(=O)C2)c1. The van der Waals surface area contributed by atoms with Gasteiger partial charge in [-0.3, -0.25) is 0 Å². The maximum absolute atomic E-state index is 11.4. The minimum Gasteiger partial charge on any atom is -0.478 e.